The van der Waals surface area contributed by atoms with Gasteiger partial charge in [-0.2, -0.15) is 0 Å². The van der Waals surface area contributed by atoms with Crippen LogP contribution in [0.2, 0.25) is 6.04 Å². The highest BCUT2D eigenvalue weighted by Gasteiger charge is 1.92. The third-order valence-corrected chi connectivity index (χ3v) is 14.8. The molecule has 4 heteroatoms. The molecule has 0 amide bonds. The van der Waals surface area contributed by atoms with E-state index < -0.39 is 0 Å². The van der Waals surface area contributed by atoms with Gasteiger partial charge in [0.15, 0.2) is 0 Å². The fourth-order valence-electron chi connectivity index (χ4n) is 1.99. The molecule has 0 fully saturated rings. The fraction of sp³-hybridized carbons (Fsp3) is 1.00. The molecule has 1 nitrogen and oxygen atoms in total. The zero-order valence-corrected chi connectivity index (χ0v) is 15.6. The minimum Gasteiger partial charge on any atom is -0.330 e. The number of unbranched alkanes of at least 4 members (excludes halogenated alkanes) is 8. The van der Waals surface area contributed by atoms with E-state index in [1.165, 1.54) is 51.4 Å². The Labute approximate surface area is 104 Å². The van der Waals surface area contributed by atoms with Gasteiger partial charge in [-0.15, -0.1) is 0 Å². The minimum absolute atomic E-state index is 0.557. The van der Waals surface area contributed by atoms with Crippen molar-refractivity contribution >= 4 is 27.4 Å². The summed E-state index contributed by atoms with van der Waals surface area (Å²) in [5.41, 5.74) is 5.46. The first kappa shape index (κ1) is 15.6. The van der Waals surface area contributed by atoms with Gasteiger partial charge in [0.05, 0.1) is 0 Å². The van der Waals surface area contributed by atoms with Crippen LogP contribution in [0.1, 0.15) is 57.8 Å². The molecule has 0 saturated heterocycles. The van der Waals surface area contributed by atoms with Crippen LogP contribution < -0.4 is 5.73 Å². The average Bonchev–Trinajstić information content (AvgIpc) is 2.26. The molecule has 0 aliphatic carbocycles. The van der Waals surface area contributed by atoms with Crippen LogP contribution in [-0.2, 0) is 0 Å². The van der Waals surface area contributed by atoms with Crippen molar-refractivity contribution < 1.29 is 0 Å². The Hall–Kier alpha value is 0.611. The summed E-state index contributed by atoms with van der Waals surface area (Å²) < 4.78 is 0. The molecule has 0 bridgehead atoms. The van der Waals surface area contributed by atoms with E-state index in [1.54, 1.807) is 22.2 Å². The summed E-state index contributed by atoms with van der Waals surface area (Å²) in [5.74, 6) is 0. The zero-order chi connectivity index (χ0) is 11.2. The smallest absolute Gasteiger partial charge is 0.00460 e. The number of rotatable bonds is 12. The van der Waals surface area contributed by atoms with Crippen molar-refractivity contribution in [2.75, 3.05) is 6.54 Å². The van der Waals surface area contributed by atoms with Crippen LogP contribution in [0.3, 0.4) is 0 Å². The summed E-state index contributed by atoms with van der Waals surface area (Å²) in [4.78, 5) is 0. The SMILES string of the molecule is NCCCCCCCCCCC[SiH2][SiH2][SiH3]. The molecule has 15 heavy (non-hydrogen) atoms. The van der Waals surface area contributed by atoms with Gasteiger partial charge in [-0.1, -0.05) is 57.4 Å². The minimum atomic E-state index is 0.557. The first-order valence-corrected chi connectivity index (χ1v) is 17.8. The van der Waals surface area contributed by atoms with Crippen molar-refractivity contribution in [2.24, 2.45) is 5.73 Å². The molecule has 2 N–H and O–H groups in total. The summed E-state index contributed by atoms with van der Waals surface area (Å²) in [5, 5.41) is 0. The second-order valence-electron chi connectivity index (χ2n) is 4.68. The first-order valence-electron chi connectivity index (χ1n) is 7.12. The maximum atomic E-state index is 5.46. The molecule has 0 unspecified atom stereocenters. The maximum absolute atomic E-state index is 5.46. The monoisotopic (exact) mass is 261 g/mol. The topological polar surface area (TPSA) is 26.0 Å². The lowest BCUT2D eigenvalue weighted by molar-refractivity contribution is 0.567. The van der Waals surface area contributed by atoms with E-state index in [0.717, 1.165) is 6.54 Å². The highest BCUT2D eigenvalue weighted by atomic mass is 29.5. The van der Waals surface area contributed by atoms with Gasteiger partial charge in [-0.25, -0.2) is 0 Å². The van der Waals surface area contributed by atoms with Crippen LogP contribution >= 0.6 is 0 Å². The molecule has 0 atom stereocenters. The Morgan fingerprint density at radius 1 is 0.733 bits per heavy atom. The summed E-state index contributed by atoms with van der Waals surface area (Å²) in [6, 6.07) is 1.69. The Morgan fingerprint density at radius 2 is 1.20 bits per heavy atom. The third-order valence-electron chi connectivity index (χ3n) is 3.06. The van der Waals surface area contributed by atoms with Crippen LogP contribution in [0.4, 0.5) is 0 Å². The van der Waals surface area contributed by atoms with Crippen molar-refractivity contribution in [1.29, 1.82) is 0 Å². The van der Waals surface area contributed by atoms with Gasteiger partial charge < -0.3 is 5.73 Å². The molecule has 92 valence electrons. The predicted molar refractivity (Wildman–Crippen MR) is 82.4 cm³/mol. The van der Waals surface area contributed by atoms with Gasteiger partial charge in [0.2, 0.25) is 0 Å². The predicted octanol–water partition coefficient (Wildman–Crippen LogP) is 0.407. The van der Waals surface area contributed by atoms with Crippen molar-refractivity contribution in [3.8, 4) is 0 Å². The zero-order valence-electron chi connectivity index (χ0n) is 10.8. The summed E-state index contributed by atoms with van der Waals surface area (Å²) >= 11 is 0. The fourth-order valence-corrected chi connectivity index (χ4v) is 10.3. The molecule has 0 radical (unpaired) electrons. The van der Waals surface area contributed by atoms with Crippen LogP contribution in [0, 0.1) is 0 Å². The number of hydrogen-bond acceptors (Lipinski definition) is 1. The van der Waals surface area contributed by atoms with Crippen LogP contribution in [0.15, 0.2) is 0 Å². The first-order chi connectivity index (χ1) is 7.41. The van der Waals surface area contributed by atoms with E-state index in [4.69, 9.17) is 5.73 Å². The highest BCUT2D eigenvalue weighted by molar-refractivity contribution is 7.23. The van der Waals surface area contributed by atoms with Crippen molar-refractivity contribution in [2.45, 2.75) is 63.8 Å². The van der Waals surface area contributed by atoms with Crippen LogP contribution in [0.5, 0.6) is 0 Å². The van der Waals surface area contributed by atoms with E-state index in [9.17, 15) is 0 Å². The lowest BCUT2D eigenvalue weighted by Crippen LogP contribution is -2.01. The van der Waals surface area contributed by atoms with Gasteiger partial charge >= 0.3 is 0 Å². The van der Waals surface area contributed by atoms with Gasteiger partial charge in [0.25, 0.3) is 0 Å². The normalized spacial score (nSPS) is 12.6. The summed E-state index contributed by atoms with van der Waals surface area (Å²) in [6.45, 7) is 0.882. The van der Waals surface area contributed by atoms with Crippen LogP contribution in [-0.4, -0.2) is 33.9 Å². The largest absolute Gasteiger partial charge is 0.330 e. The molecule has 0 rings (SSSR count). The molecule has 0 aromatic carbocycles. The van der Waals surface area contributed by atoms with E-state index in [0.29, 0.717) is 17.6 Å². The Bertz CT molecular complexity index is 100. The molecule has 0 aliphatic rings. The molecule has 0 aromatic heterocycles. The van der Waals surface area contributed by atoms with Crippen molar-refractivity contribution in [3.63, 3.8) is 0 Å². The quantitative estimate of drug-likeness (QED) is 0.400. The second kappa shape index (κ2) is 14.6. The van der Waals surface area contributed by atoms with Crippen molar-refractivity contribution in [1.82, 2.24) is 0 Å². The highest BCUT2D eigenvalue weighted by Crippen LogP contribution is 2.10. The standard InChI is InChI=1S/C11H31NSi3/c12-10-8-6-4-2-1-3-5-7-9-11-14-15-13/h1-12,14-15H2,13H3. The van der Waals surface area contributed by atoms with E-state index >= 15 is 0 Å². The van der Waals surface area contributed by atoms with Gasteiger partial charge in [0.1, 0.15) is 0 Å². The molecular formula is C11H31NSi3. The molecule has 0 aliphatic heterocycles. The van der Waals surface area contributed by atoms with E-state index in [2.05, 4.69) is 0 Å². The van der Waals surface area contributed by atoms with Crippen LogP contribution in [0.25, 0.3) is 0 Å². The average molecular weight is 262 g/mol. The lowest BCUT2D eigenvalue weighted by atomic mass is 10.1. The molecule has 0 heterocycles. The Balaban J connectivity index is 2.81. The Morgan fingerprint density at radius 3 is 1.67 bits per heavy atom. The van der Waals surface area contributed by atoms with E-state index in [-0.39, 0.29) is 0 Å². The molecular weight excluding hydrogens is 230 g/mol. The summed E-state index contributed by atoms with van der Waals surface area (Å²) in [6.07, 6.45) is 13.0. The lowest BCUT2D eigenvalue weighted by Gasteiger charge is -2.01. The second-order valence-corrected chi connectivity index (χ2v) is 21.2. The molecule has 0 spiro atoms. The Kier molecular flexibility index (Phi) is 15.2. The van der Waals surface area contributed by atoms with Gasteiger partial charge in [-0.05, 0) is 31.3 Å². The van der Waals surface area contributed by atoms with E-state index in [1.807, 2.05) is 0 Å². The van der Waals surface area contributed by atoms with Gasteiger partial charge in [-0.3, -0.25) is 0 Å². The maximum Gasteiger partial charge on any atom is 0.00460 e. The van der Waals surface area contributed by atoms with Crippen molar-refractivity contribution in [3.05, 3.63) is 0 Å². The number of hydrogen-bond donors (Lipinski definition) is 1. The number of nitrogens with two attached hydrogens (primary N) is 1. The third kappa shape index (κ3) is 14.6. The molecule has 0 saturated carbocycles. The van der Waals surface area contributed by atoms with Gasteiger partial charge in [0, 0.05) is 9.04 Å². The molecule has 0 aromatic rings. The summed E-state index contributed by atoms with van der Waals surface area (Å²) in [7, 11) is 2.78.